The van der Waals surface area contributed by atoms with E-state index in [0.29, 0.717) is 18.7 Å². The van der Waals surface area contributed by atoms with Crippen LogP contribution in [0.25, 0.3) is 0 Å². The van der Waals surface area contributed by atoms with Crippen molar-refractivity contribution in [3.63, 3.8) is 0 Å². The van der Waals surface area contributed by atoms with Crippen LogP contribution in [0, 0.1) is 6.92 Å². The molecule has 1 aromatic carbocycles. The number of benzene rings is 1. The predicted molar refractivity (Wildman–Crippen MR) is 93.1 cm³/mol. The molecule has 3 rings (SSSR count). The van der Waals surface area contributed by atoms with Gasteiger partial charge in [0, 0.05) is 24.5 Å². The van der Waals surface area contributed by atoms with Crippen LogP contribution in [-0.2, 0) is 6.54 Å². The van der Waals surface area contributed by atoms with Crippen LogP contribution in [0.3, 0.4) is 0 Å². The molecule has 0 N–H and O–H groups in total. The zero-order valence-corrected chi connectivity index (χ0v) is 14.4. The van der Waals surface area contributed by atoms with Crippen LogP contribution in [0.1, 0.15) is 21.5 Å². The van der Waals surface area contributed by atoms with E-state index in [2.05, 4.69) is 22.9 Å². The van der Waals surface area contributed by atoms with Crippen molar-refractivity contribution in [1.29, 1.82) is 0 Å². The van der Waals surface area contributed by atoms with Gasteiger partial charge in [-0.1, -0.05) is 17.7 Å². The van der Waals surface area contributed by atoms with E-state index in [1.54, 1.807) is 18.5 Å². The van der Waals surface area contributed by atoms with Crippen LogP contribution in [0.15, 0.2) is 42.7 Å². The maximum atomic E-state index is 13.1. The first-order valence-electron chi connectivity index (χ1n) is 8.12. The molecular formula is C19H23N3O2. The Morgan fingerprint density at radius 3 is 2.92 bits per heavy atom. The molecular weight excluding hydrogens is 302 g/mol. The first kappa shape index (κ1) is 16.5. The Balaban J connectivity index is 1.95. The molecule has 0 saturated heterocycles. The molecule has 0 saturated carbocycles. The Morgan fingerprint density at radius 2 is 2.21 bits per heavy atom. The number of likely N-dealkylation sites (N-methyl/N-ethyl adjacent to an activating group) is 1. The monoisotopic (exact) mass is 325 g/mol. The number of ether oxygens (including phenoxy) is 1. The van der Waals surface area contributed by atoms with E-state index >= 15 is 0 Å². The molecule has 5 heteroatoms. The standard InChI is InChI=1S/C19H23N3O2/c1-14-6-7-18-16(9-14)11-22(17(13-24-18)12-21(2)3)19(23)15-5-4-8-20-10-15/h4-10,17H,11-13H2,1-3H3/t17-/m1/s1. The van der Waals surface area contributed by atoms with Crippen molar-refractivity contribution in [3.8, 4) is 5.75 Å². The summed E-state index contributed by atoms with van der Waals surface area (Å²) in [6.45, 7) is 3.83. The first-order valence-corrected chi connectivity index (χ1v) is 8.12. The number of pyridine rings is 1. The molecule has 0 radical (unpaired) electrons. The zero-order valence-electron chi connectivity index (χ0n) is 14.4. The molecule has 5 nitrogen and oxygen atoms in total. The predicted octanol–water partition coefficient (Wildman–Crippen LogP) is 2.36. The number of rotatable bonds is 3. The third kappa shape index (κ3) is 3.57. The van der Waals surface area contributed by atoms with Gasteiger partial charge in [0.15, 0.2) is 0 Å². The summed E-state index contributed by atoms with van der Waals surface area (Å²) < 4.78 is 6.00. The minimum absolute atomic E-state index is 0.00657. The van der Waals surface area contributed by atoms with Crippen LogP contribution in [0.2, 0.25) is 0 Å². The number of hydrogen-bond donors (Lipinski definition) is 0. The lowest BCUT2D eigenvalue weighted by Gasteiger charge is -2.31. The van der Waals surface area contributed by atoms with Gasteiger partial charge in [0.1, 0.15) is 12.4 Å². The molecule has 1 aliphatic rings. The molecule has 1 atom stereocenters. The minimum Gasteiger partial charge on any atom is -0.491 e. The molecule has 2 aromatic rings. The topological polar surface area (TPSA) is 45.7 Å². The number of aryl methyl sites for hydroxylation is 1. The van der Waals surface area contributed by atoms with Crippen LogP contribution >= 0.6 is 0 Å². The van der Waals surface area contributed by atoms with Crippen molar-refractivity contribution in [2.45, 2.75) is 19.5 Å². The summed E-state index contributed by atoms with van der Waals surface area (Å²) in [6, 6.07) is 9.72. The molecule has 24 heavy (non-hydrogen) atoms. The van der Waals surface area contributed by atoms with Crippen LogP contribution in [-0.4, -0.2) is 54.0 Å². The van der Waals surface area contributed by atoms with Gasteiger partial charge >= 0.3 is 0 Å². The summed E-state index contributed by atoms with van der Waals surface area (Å²) in [4.78, 5) is 21.1. The third-order valence-electron chi connectivity index (χ3n) is 4.17. The Hall–Kier alpha value is -2.40. The smallest absolute Gasteiger partial charge is 0.256 e. The molecule has 0 spiro atoms. The number of hydrogen-bond acceptors (Lipinski definition) is 4. The summed E-state index contributed by atoms with van der Waals surface area (Å²) >= 11 is 0. The molecule has 0 unspecified atom stereocenters. The fraction of sp³-hybridized carbons (Fsp3) is 0.368. The van der Waals surface area contributed by atoms with Crippen LogP contribution in [0.4, 0.5) is 0 Å². The van der Waals surface area contributed by atoms with Crippen LogP contribution in [0.5, 0.6) is 5.75 Å². The van der Waals surface area contributed by atoms with Gasteiger partial charge in [-0.05, 0) is 39.2 Å². The van der Waals surface area contributed by atoms with Crippen molar-refractivity contribution in [3.05, 3.63) is 59.4 Å². The van der Waals surface area contributed by atoms with Gasteiger partial charge in [0.2, 0.25) is 0 Å². The average molecular weight is 325 g/mol. The van der Waals surface area contributed by atoms with Gasteiger partial charge in [-0.2, -0.15) is 0 Å². The molecule has 1 aromatic heterocycles. The van der Waals surface area contributed by atoms with E-state index in [4.69, 9.17) is 4.74 Å². The summed E-state index contributed by atoms with van der Waals surface area (Å²) in [7, 11) is 4.02. The van der Waals surface area contributed by atoms with Gasteiger partial charge in [0.25, 0.3) is 5.91 Å². The van der Waals surface area contributed by atoms with E-state index in [0.717, 1.165) is 23.4 Å². The van der Waals surface area contributed by atoms with Gasteiger partial charge in [-0.15, -0.1) is 0 Å². The average Bonchev–Trinajstić information content (AvgIpc) is 2.74. The maximum absolute atomic E-state index is 13.1. The zero-order chi connectivity index (χ0) is 17.1. The molecule has 0 bridgehead atoms. The van der Waals surface area contributed by atoms with Crippen molar-refractivity contribution in [2.75, 3.05) is 27.2 Å². The molecule has 0 aliphatic carbocycles. The largest absolute Gasteiger partial charge is 0.491 e. The van der Waals surface area contributed by atoms with Crippen LogP contribution < -0.4 is 4.74 Å². The minimum atomic E-state index is -0.0135. The highest BCUT2D eigenvalue weighted by Crippen LogP contribution is 2.27. The lowest BCUT2D eigenvalue weighted by molar-refractivity contribution is 0.0583. The summed E-state index contributed by atoms with van der Waals surface area (Å²) in [5.41, 5.74) is 2.82. The molecule has 1 aliphatic heterocycles. The van der Waals surface area contributed by atoms with E-state index in [9.17, 15) is 4.79 Å². The van der Waals surface area contributed by atoms with E-state index < -0.39 is 0 Å². The number of fused-ring (bicyclic) bond motifs is 1. The van der Waals surface area contributed by atoms with Gasteiger partial charge in [-0.25, -0.2) is 0 Å². The second kappa shape index (κ2) is 7.01. The summed E-state index contributed by atoms with van der Waals surface area (Å²) in [6.07, 6.45) is 3.30. The van der Waals surface area contributed by atoms with Crippen molar-refractivity contribution in [1.82, 2.24) is 14.8 Å². The van der Waals surface area contributed by atoms with E-state index in [1.807, 2.05) is 37.2 Å². The fourth-order valence-electron chi connectivity index (χ4n) is 3.03. The molecule has 2 heterocycles. The second-order valence-electron chi connectivity index (χ2n) is 6.51. The summed E-state index contributed by atoms with van der Waals surface area (Å²) in [5, 5.41) is 0. The van der Waals surface area contributed by atoms with E-state index in [-0.39, 0.29) is 11.9 Å². The Morgan fingerprint density at radius 1 is 1.38 bits per heavy atom. The number of carbonyl (C=O) groups excluding carboxylic acids is 1. The SMILES string of the molecule is Cc1ccc2c(c1)CN(C(=O)c1cccnc1)[C@H](CN(C)C)CO2. The highest BCUT2D eigenvalue weighted by Gasteiger charge is 2.29. The molecule has 0 fully saturated rings. The lowest BCUT2D eigenvalue weighted by atomic mass is 10.1. The number of carbonyl (C=O) groups is 1. The summed E-state index contributed by atoms with van der Waals surface area (Å²) in [5.74, 6) is 0.860. The highest BCUT2D eigenvalue weighted by atomic mass is 16.5. The number of amides is 1. The van der Waals surface area contributed by atoms with Gasteiger partial charge in [-0.3, -0.25) is 9.78 Å². The third-order valence-corrected chi connectivity index (χ3v) is 4.17. The first-order chi connectivity index (χ1) is 11.5. The highest BCUT2D eigenvalue weighted by molar-refractivity contribution is 5.94. The van der Waals surface area contributed by atoms with E-state index in [1.165, 1.54) is 0 Å². The van der Waals surface area contributed by atoms with Crippen molar-refractivity contribution in [2.24, 2.45) is 0 Å². The lowest BCUT2D eigenvalue weighted by Crippen LogP contribution is -2.47. The Kier molecular flexibility index (Phi) is 4.81. The van der Waals surface area contributed by atoms with Gasteiger partial charge < -0.3 is 14.5 Å². The van der Waals surface area contributed by atoms with Gasteiger partial charge in [0.05, 0.1) is 18.2 Å². The molecule has 1 amide bonds. The number of nitrogens with zero attached hydrogens (tertiary/aromatic N) is 3. The Bertz CT molecular complexity index is 716. The second-order valence-corrected chi connectivity index (χ2v) is 6.51. The maximum Gasteiger partial charge on any atom is 0.256 e. The number of aromatic nitrogens is 1. The Labute approximate surface area is 142 Å². The normalized spacial score (nSPS) is 17.2. The van der Waals surface area contributed by atoms with Crippen molar-refractivity contribution < 1.29 is 9.53 Å². The molecule has 126 valence electrons. The quantitative estimate of drug-likeness (QED) is 0.869. The van der Waals surface area contributed by atoms with Crippen molar-refractivity contribution >= 4 is 5.91 Å². The fourth-order valence-corrected chi connectivity index (χ4v) is 3.03.